The maximum absolute atomic E-state index is 12.9. The van der Waals surface area contributed by atoms with E-state index in [0.29, 0.717) is 59.5 Å². The van der Waals surface area contributed by atoms with Gasteiger partial charge in [0.25, 0.3) is 5.91 Å². The molecule has 0 spiro atoms. The molecule has 1 fully saturated rings. The number of hydrogen-bond acceptors (Lipinski definition) is 4. The van der Waals surface area contributed by atoms with E-state index in [-0.39, 0.29) is 5.91 Å². The molecule has 1 aliphatic rings. The Morgan fingerprint density at radius 1 is 1.24 bits per heavy atom. The number of benzene rings is 2. The normalized spacial score (nSPS) is 14.2. The van der Waals surface area contributed by atoms with Gasteiger partial charge in [-0.15, -0.1) is 0 Å². The fraction of sp³-hybridized carbons (Fsp3) is 0.286. The van der Waals surface area contributed by atoms with Gasteiger partial charge in [0, 0.05) is 31.6 Å². The molecular weight excluding hydrogens is 411 g/mol. The Labute approximate surface area is 178 Å². The van der Waals surface area contributed by atoms with E-state index in [0.717, 1.165) is 16.9 Å². The van der Waals surface area contributed by atoms with Crippen molar-refractivity contribution < 1.29 is 9.53 Å². The zero-order valence-electron chi connectivity index (χ0n) is 15.8. The number of aromatic nitrogens is 2. The zero-order valence-corrected chi connectivity index (χ0v) is 17.3. The van der Waals surface area contributed by atoms with Crippen molar-refractivity contribution >= 4 is 40.1 Å². The molecule has 6 nitrogen and oxygen atoms in total. The zero-order chi connectivity index (χ0) is 20.5. The van der Waals surface area contributed by atoms with E-state index in [1.54, 1.807) is 29.2 Å². The van der Waals surface area contributed by atoms with Gasteiger partial charge in [-0.25, -0.2) is 4.98 Å². The van der Waals surface area contributed by atoms with Crippen LogP contribution in [0.4, 0.5) is 0 Å². The van der Waals surface area contributed by atoms with Gasteiger partial charge >= 0.3 is 0 Å². The van der Waals surface area contributed by atoms with Crippen molar-refractivity contribution in [3.63, 3.8) is 0 Å². The van der Waals surface area contributed by atoms with E-state index in [9.17, 15) is 4.79 Å². The molecular formula is C21H18Cl2N4O2. The van der Waals surface area contributed by atoms with Crippen molar-refractivity contribution in [1.29, 1.82) is 5.26 Å². The molecule has 0 aliphatic carbocycles. The smallest absolute Gasteiger partial charge is 0.255 e. The third kappa shape index (κ3) is 3.69. The van der Waals surface area contributed by atoms with E-state index in [1.165, 1.54) is 0 Å². The van der Waals surface area contributed by atoms with Gasteiger partial charge in [0.05, 0.1) is 46.5 Å². The van der Waals surface area contributed by atoms with Crippen LogP contribution in [-0.2, 0) is 18.2 Å². The van der Waals surface area contributed by atoms with Gasteiger partial charge in [-0.05, 0) is 35.9 Å². The number of imidazole rings is 1. The molecule has 0 N–H and O–H groups in total. The number of hydrogen-bond donors (Lipinski definition) is 0. The van der Waals surface area contributed by atoms with Gasteiger partial charge in [0.1, 0.15) is 5.82 Å². The maximum Gasteiger partial charge on any atom is 0.255 e. The summed E-state index contributed by atoms with van der Waals surface area (Å²) in [6, 6.07) is 10.9. The number of fused-ring (bicyclic) bond motifs is 1. The lowest BCUT2D eigenvalue weighted by Crippen LogP contribution is -2.40. The Kier molecular flexibility index (Phi) is 5.46. The summed E-state index contributed by atoms with van der Waals surface area (Å²) >= 11 is 13.1. The monoisotopic (exact) mass is 428 g/mol. The lowest BCUT2D eigenvalue weighted by molar-refractivity contribution is 0.0303. The average Bonchev–Trinajstić information content (AvgIpc) is 3.06. The predicted octanol–water partition coefficient (Wildman–Crippen LogP) is 3.81. The molecule has 1 saturated heterocycles. The number of nitriles is 1. The highest BCUT2D eigenvalue weighted by molar-refractivity contribution is 6.38. The van der Waals surface area contributed by atoms with Gasteiger partial charge in [-0.3, -0.25) is 4.79 Å². The number of halogens is 2. The van der Waals surface area contributed by atoms with Crippen LogP contribution in [0.1, 0.15) is 27.3 Å². The van der Waals surface area contributed by atoms with Crippen LogP contribution in [-0.4, -0.2) is 46.7 Å². The third-order valence-electron chi connectivity index (χ3n) is 5.15. The molecule has 4 rings (SSSR count). The van der Waals surface area contributed by atoms with Crippen molar-refractivity contribution in [3.8, 4) is 6.07 Å². The molecule has 2 heterocycles. The number of morpholine rings is 1. The van der Waals surface area contributed by atoms with Crippen LogP contribution in [0.3, 0.4) is 0 Å². The Balaban J connectivity index is 1.70. The SMILES string of the molecule is Cn1c(Cc2c(Cl)ccc(C(=O)N3CCOCC3)c2Cl)nc2cc(C#N)ccc21. The van der Waals surface area contributed by atoms with Gasteiger partial charge in [-0.1, -0.05) is 23.2 Å². The largest absolute Gasteiger partial charge is 0.378 e. The maximum atomic E-state index is 12.9. The summed E-state index contributed by atoms with van der Waals surface area (Å²) in [5.41, 5.74) is 3.28. The minimum absolute atomic E-state index is 0.125. The number of carbonyl (C=O) groups excluding carboxylic acids is 1. The van der Waals surface area contributed by atoms with E-state index in [4.69, 9.17) is 33.2 Å². The van der Waals surface area contributed by atoms with Gasteiger partial charge < -0.3 is 14.2 Å². The molecule has 1 amide bonds. The highest BCUT2D eigenvalue weighted by atomic mass is 35.5. The summed E-state index contributed by atoms with van der Waals surface area (Å²) in [5.74, 6) is 0.620. The van der Waals surface area contributed by atoms with Crippen molar-refractivity contribution in [1.82, 2.24) is 14.5 Å². The minimum atomic E-state index is -0.125. The van der Waals surface area contributed by atoms with Crippen LogP contribution in [0.2, 0.25) is 10.0 Å². The Hall–Kier alpha value is -2.59. The summed E-state index contributed by atoms with van der Waals surface area (Å²) in [7, 11) is 1.90. The highest BCUT2D eigenvalue weighted by Crippen LogP contribution is 2.32. The number of nitrogens with zero attached hydrogens (tertiary/aromatic N) is 4. The molecule has 148 valence electrons. The molecule has 3 aromatic rings. The molecule has 0 atom stereocenters. The van der Waals surface area contributed by atoms with E-state index in [2.05, 4.69) is 11.1 Å². The van der Waals surface area contributed by atoms with Crippen molar-refractivity contribution in [2.45, 2.75) is 6.42 Å². The number of carbonyl (C=O) groups is 1. The van der Waals surface area contributed by atoms with Crippen LogP contribution in [0.25, 0.3) is 11.0 Å². The molecule has 0 bridgehead atoms. The molecule has 8 heteroatoms. The minimum Gasteiger partial charge on any atom is -0.378 e. The fourth-order valence-corrected chi connectivity index (χ4v) is 4.08. The van der Waals surface area contributed by atoms with Crippen LogP contribution in [0.15, 0.2) is 30.3 Å². The van der Waals surface area contributed by atoms with Crippen LogP contribution >= 0.6 is 23.2 Å². The third-order valence-corrected chi connectivity index (χ3v) is 5.94. The Bertz CT molecular complexity index is 1140. The Morgan fingerprint density at radius 3 is 2.72 bits per heavy atom. The summed E-state index contributed by atoms with van der Waals surface area (Å²) in [6.45, 7) is 2.13. The second-order valence-electron chi connectivity index (χ2n) is 6.87. The first-order valence-electron chi connectivity index (χ1n) is 9.19. The van der Waals surface area contributed by atoms with Crippen LogP contribution in [0.5, 0.6) is 0 Å². The first kappa shape index (κ1) is 19.7. The van der Waals surface area contributed by atoms with Gasteiger partial charge in [0.15, 0.2) is 0 Å². The van der Waals surface area contributed by atoms with Crippen molar-refractivity contribution in [3.05, 3.63) is 62.9 Å². The lowest BCUT2D eigenvalue weighted by Gasteiger charge is -2.27. The van der Waals surface area contributed by atoms with Gasteiger partial charge in [-0.2, -0.15) is 5.26 Å². The first-order valence-corrected chi connectivity index (χ1v) is 9.94. The van der Waals surface area contributed by atoms with Crippen LogP contribution in [0, 0.1) is 11.3 Å². The summed E-state index contributed by atoms with van der Waals surface area (Å²) < 4.78 is 7.26. The molecule has 29 heavy (non-hydrogen) atoms. The van der Waals surface area contributed by atoms with Crippen molar-refractivity contribution in [2.24, 2.45) is 7.05 Å². The molecule has 2 aromatic carbocycles. The molecule has 0 unspecified atom stereocenters. The number of ether oxygens (including phenoxy) is 1. The molecule has 1 aromatic heterocycles. The second-order valence-corrected chi connectivity index (χ2v) is 7.66. The lowest BCUT2D eigenvalue weighted by atomic mass is 10.1. The van der Waals surface area contributed by atoms with E-state index >= 15 is 0 Å². The summed E-state index contributed by atoms with van der Waals surface area (Å²) in [4.78, 5) is 19.3. The van der Waals surface area contributed by atoms with E-state index < -0.39 is 0 Å². The summed E-state index contributed by atoms with van der Waals surface area (Å²) in [6.07, 6.45) is 0.370. The standard InChI is InChI=1S/C21H18Cl2N4O2/c1-26-18-5-2-13(12-24)10-17(18)25-19(26)11-15-16(22)4-3-14(20(15)23)21(28)27-6-8-29-9-7-27/h2-5,10H,6-9,11H2,1H3. The fourth-order valence-electron chi connectivity index (χ4n) is 3.50. The molecule has 0 radical (unpaired) electrons. The quantitative estimate of drug-likeness (QED) is 0.635. The molecule has 0 saturated carbocycles. The number of amides is 1. The van der Waals surface area contributed by atoms with Crippen LogP contribution < -0.4 is 0 Å². The summed E-state index contributed by atoms with van der Waals surface area (Å²) in [5, 5.41) is 9.94. The topological polar surface area (TPSA) is 71.2 Å². The van der Waals surface area contributed by atoms with Gasteiger partial charge in [0.2, 0.25) is 0 Å². The van der Waals surface area contributed by atoms with E-state index in [1.807, 2.05) is 17.7 Å². The first-order chi connectivity index (χ1) is 14.0. The number of rotatable bonds is 3. The highest BCUT2D eigenvalue weighted by Gasteiger charge is 2.24. The average molecular weight is 429 g/mol. The predicted molar refractivity (Wildman–Crippen MR) is 111 cm³/mol. The Morgan fingerprint density at radius 2 is 2.00 bits per heavy atom. The molecule has 1 aliphatic heterocycles. The van der Waals surface area contributed by atoms with Crippen molar-refractivity contribution in [2.75, 3.05) is 26.3 Å². The second kappa shape index (κ2) is 8.03. The number of aryl methyl sites for hydroxylation is 1.